The highest BCUT2D eigenvalue weighted by molar-refractivity contribution is 5.95. The van der Waals surface area contributed by atoms with Crippen molar-refractivity contribution in [3.8, 4) is 11.5 Å². The second kappa shape index (κ2) is 8.79. The first-order valence-corrected chi connectivity index (χ1v) is 10.1. The zero-order chi connectivity index (χ0) is 19.3. The Balaban J connectivity index is 1.16. The molecular weight excluding hydrogens is 360 g/mol. The Labute approximate surface area is 165 Å². The molecule has 28 heavy (non-hydrogen) atoms. The van der Waals surface area contributed by atoms with Crippen LogP contribution in [0.4, 0.5) is 4.79 Å². The molecule has 8 heteroatoms. The van der Waals surface area contributed by atoms with Crippen molar-refractivity contribution >= 4 is 11.9 Å². The summed E-state index contributed by atoms with van der Waals surface area (Å²) < 4.78 is 10.8. The van der Waals surface area contributed by atoms with Gasteiger partial charge in [-0.05, 0) is 30.5 Å². The van der Waals surface area contributed by atoms with Crippen molar-refractivity contribution in [3.05, 3.63) is 23.8 Å². The van der Waals surface area contributed by atoms with Crippen LogP contribution in [0.25, 0.3) is 0 Å². The van der Waals surface area contributed by atoms with Crippen LogP contribution in [0.5, 0.6) is 11.5 Å². The SMILES string of the molecule is O=C(CN1CCN(Cc2ccc3c(c2)OCO3)CC1)NC(=O)NC1CCCC1. The number of piperazine rings is 1. The van der Waals surface area contributed by atoms with E-state index in [-0.39, 0.29) is 31.3 Å². The van der Waals surface area contributed by atoms with E-state index in [2.05, 4.69) is 26.5 Å². The molecule has 3 aliphatic rings. The quantitative estimate of drug-likeness (QED) is 0.791. The van der Waals surface area contributed by atoms with E-state index < -0.39 is 0 Å². The minimum atomic E-state index is -0.363. The number of hydrogen-bond acceptors (Lipinski definition) is 6. The number of hydrogen-bond donors (Lipinski definition) is 2. The lowest BCUT2D eigenvalue weighted by molar-refractivity contribution is -0.121. The van der Waals surface area contributed by atoms with Gasteiger partial charge in [0.25, 0.3) is 0 Å². The number of ether oxygens (including phenoxy) is 2. The van der Waals surface area contributed by atoms with E-state index in [1.54, 1.807) is 0 Å². The minimum Gasteiger partial charge on any atom is -0.454 e. The number of benzene rings is 1. The Bertz CT molecular complexity index is 712. The number of carbonyl (C=O) groups is 2. The number of amides is 3. The van der Waals surface area contributed by atoms with Gasteiger partial charge in [0, 0.05) is 38.8 Å². The Kier molecular flexibility index (Phi) is 5.97. The fraction of sp³-hybridized carbons (Fsp3) is 0.600. The zero-order valence-electron chi connectivity index (χ0n) is 16.1. The predicted molar refractivity (Wildman–Crippen MR) is 103 cm³/mol. The van der Waals surface area contributed by atoms with Gasteiger partial charge in [0.2, 0.25) is 12.7 Å². The number of rotatable bonds is 5. The normalized spacial score (nSPS) is 20.3. The summed E-state index contributed by atoms with van der Waals surface area (Å²) in [6.45, 7) is 4.78. The molecule has 2 fully saturated rings. The molecule has 8 nitrogen and oxygen atoms in total. The first-order chi connectivity index (χ1) is 13.7. The van der Waals surface area contributed by atoms with Crippen LogP contribution in [0, 0.1) is 0 Å². The van der Waals surface area contributed by atoms with Gasteiger partial charge < -0.3 is 14.8 Å². The van der Waals surface area contributed by atoms with Crippen LogP contribution in [0.3, 0.4) is 0 Å². The second-order valence-electron chi connectivity index (χ2n) is 7.74. The molecule has 0 bridgehead atoms. The average Bonchev–Trinajstić information content (AvgIpc) is 3.34. The van der Waals surface area contributed by atoms with Gasteiger partial charge in [-0.1, -0.05) is 18.9 Å². The van der Waals surface area contributed by atoms with Crippen LogP contribution in [-0.2, 0) is 11.3 Å². The van der Waals surface area contributed by atoms with Crippen molar-refractivity contribution in [1.29, 1.82) is 0 Å². The molecule has 0 atom stereocenters. The monoisotopic (exact) mass is 388 g/mol. The molecule has 1 saturated heterocycles. The summed E-state index contributed by atoms with van der Waals surface area (Å²) in [5.74, 6) is 1.37. The molecular formula is C20H28N4O4. The largest absolute Gasteiger partial charge is 0.454 e. The number of carbonyl (C=O) groups excluding carboxylic acids is 2. The van der Waals surface area contributed by atoms with E-state index >= 15 is 0 Å². The number of fused-ring (bicyclic) bond motifs is 1. The molecule has 0 aromatic heterocycles. The third-order valence-corrected chi connectivity index (χ3v) is 5.62. The third-order valence-electron chi connectivity index (χ3n) is 5.62. The van der Waals surface area contributed by atoms with Crippen LogP contribution < -0.4 is 20.1 Å². The summed E-state index contributed by atoms with van der Waals surface area (Å²) in [5.41, 5.74) is 1.19. The van der Waals surface area contributed by atoms with Gasteiger partial charge in [0.05, 0.1) is 6.54 Å². The van der Waals surface area contributed by atoms with E-state index in [1.165, 1.54) is 5.56 Å². The van der Waals surface area contributed by atoms with Crippen molar-refractivity contribution < 1.29 is 19.1 Å². The van der Waals surface area contributed by atoms with E-state index in [0.717, 1.165) is 69.9 Å². The van der Waals surface area contributed by atoms with Gasteiger partial charge >= 0.3 is 6.03 Å². The highest BCUT2D eigenvalue weighted by Gasteiger charge is 2.22. The minimum absolute atomic E-state index is 0.215. The highest BCUT2D eigenvalue weighted by atomic mass is 16.7. The molecule has 3 amide bonds. The topological polar surface area (TPSA) is 83.1 Å². The van der Waals surface area contributed by atoms with Crippen molar-refractivity contribution in [3.63, 3.8) is 0 Å². The molecule has 1 aromatic rings. The summed E-state index contributed by atoms with van der Waals surface area (Å²) in [4.78, 5) is 28.5. The maximum atomic E-state index is 12.1. The molecule has 1 aliphatic carbocycles. The van der Waals surface area contributed by atoms with E-state index in [1.807, 2.05) is 12.1 Å². The van der Waals surface area contributed by atoms with Crippen LogP contribution in [0.2, 0.25) is 0 Å². The number of urea groups is 1. The lowest BCUT2D eigenvalue weighted by Crippen LogP contribution is -2.51. The lowest BCUT2D eigenvalue weighted by atomic mass is 10.1. The van der Waals surface area contributed by atoms with Gasteiger partial charge in [-0.15, -0.1) is 0 Å². The number of nitrogens with zero attached hydrogens (tertiary/aromatic N) is 2. The van der Waals surface area contributed by atoms with E-state index in [4.69, 9.17) is 9.47 Å². The maximum absolute atomic E-state index is 12.1. The molecule has 152 valence electrons. The lowest BCUT2D eigenvalue weighted by Gasteiger charge is -2.34. The second-order valence-corrected chi connectivity index (χ2v) is 7.74. The Hall–Kier alpha value is -2.32. The number of nitrogens with one attached hydrogen (secondary N) is 2. The molecule has 0 spiro atoms. The first kappa shape index (κ1) is 19.0. The van der Waals surface area contributed by atoms with Crippen LogP contribution >= 0.6 is 0 Å². The summed E-state index contributed by atoms with van der Waals surface area (Å²) in [6, 6.07) is 5.90. The summed E-state index contributed by atoms with van der Waals surface area (Å²) in [5, 5.41) is 5.34. The molecule has 2 aliphatic heterocycles. The molecule has 2 heterocycles. The first-order valence-electron chi connectivity index (χ1n) is 10.1. The highest BCUT2D eigenvalue weighted by Crippen LogP contribution is 2.32. The zero-order valence-corrected chi connectivity index (χ0v) is 16.1. The van der Waals surface area contributed by atoms with Gasteiger partial charge in [0.1, 0.15) is 0 Å². The van der Waals surface area contributed by atoms with Gasteiger partial charge in [-0.3, -0.25) is 19.9 Å². The fourth-order valence-corrected chi connectivity index (χ4v) is 4.06. The molecule has 4 rings (SSSR count). The van der Waals surface area contributed by atoms with E-state index in [9.17, 15) is 9.59 Å². The molecule has 0 radical (unpaired) electrons. The summed E-state index contributed by atoms with van der Waals surface area (Å²) in [6.07, 6.45) is 4.31. The molecule has 1 aromatic carbocycles. The van der Waals surface area contributed by atoms with Crippen LogP contribution in [0.15, 0.2) is 18.2 Å². The van der Waals surface area contributed by atoms with Gasteiger partial charge in [-0.2, -0.15) is 0 Å². The number of imide groups is 1. The summed E-state index contributed by atoms with van der Waals surface area (Å²) >= 11 is 0. The predicted octanol–water partition coefficient (Wildman–Crippen LogP) is 1.30. The van der Waals surface area contributed by atoms with Crippen LogP contribution in [-0.4, -0.2) is 67.3 Å². The smallest absolute Gasteiger partial charge is 0.321 e. The third kappa shape index (κ3) is 4.94. The van der Waals surface area contributed by atoms with Crippen LogP contribution in [0.1, 0.15) is 31.2 Å². The molecule has 2 N–H and O–H groups in total. The molecule has 1 saturated carbocycles. The Morgan fingerprint density at radius 1 is 1.00 bits per heavy atom. The standard InChI is InChI=1S/C20H28N4O4/c25-19(22-20(26)21-16-3-1-2-4-16)13-24-9-7-23(8-10-24)12-15-5-6-17-18(11-15)28-14-27-17/h5-6,11,16H,1-4,7-10,12-14H2,(H2,21,22,25,26). The van der Waals surface area contributed by atoms with Gasteiger partial charge in [0.15, 0.2) is 11.5 Å². The van der Waals surface area contributed by atoms with Crippen molar-refractivity contribution in [1.82, 2.24) is 20.4 Å². The maximum Gasteiger partial charge on any atom is 0.321 e. The van der Waals surface area contributed by atoms with Crippen molar-refractivity contribution in [2.24, 2.45) is 0 Å². The Morgan fingerprint density at radius 3 is 2.50 bits per heavy atom. The van der Waals surface area contributed by atoms with E-state index in [0.29, 0.717) is 0 Å². The Morgan fingerprint density at radius 2 is 1.71 bits per heavy atom. The van der Waals surface area contributed by atoms with Crippen molar-refractivity contribution in [2.75, 3.05) is 39.5 Å². The average molecular weight is 388 g/mol. The van der Waals surface area contributed by atoms with Gasteiger partial charge in [-0.25, -0.2) is 4.79 Å². The fourth-order valence-electron chi connectivity index (χ4n) is 4.06. The van der Waals surface area contributed by atoms with Crippen molar-refractivity contribution in [2.45, 2.75) is 38.3 Å². The summed E-state index contributed by atoms with van der Waals surface area (Å²) in [7, 11) is 0. The molecule has 0 unspecified atom stereocenters.